The van der Waals surface area contributed by atoms with Gasteiger partial charge in [-0.3, -0.25) is 14.8 Å². The summed E-state index contributed by atoms with van der Waals surface area (Å²) in [5.41, 5.74) is 7.20. The molecule has 0 saturated carbocycles. The number of nitrogens with one attached hydrogen (secondary N) is 1. The van der Waals surface area contributed by atoms with Crippen molar-refractivity contribution < 1.29 is 4.79 Å². The summed E-state index contributed by atoms with van der Waals surface area (Å²) in [5.74, 6) is -0.206. The Morgan fingerprint density at radius 3 is 2.83 bits per heavy atom. The van der Waals surface area contributed by atoms with E-state index < -0.39 is 0 Å². The van der Waals surface area contributed by atoms with E-state index >= 15 is 0 Å². The second kappa shape index (κ2) is 5.46. The molecule has 0 spiro atoms. The Kier molecular flexibility index (Phi) is 3.74. The van der Waals surface area contributed by atoms with E-state index in [0.717, 1.165) is 0 Å². The Bertz CT molecular complexity index is 556. The maximum absolute atomic E-state index is 11.8. The summed E-state index contributed by atoms with van der Waals surface area (Å²) in [6.45, 7) is 0. The van der Waals surface area contributed by atoms with Gasteiger partial charge in [0.15, 0.2) is 0 Å². The summed E-state index contributed by atoms with van der Waals surface area (Å²) in [4.78, 5) is 19.7. The number of nitrogens with zero attached hydrogens (tertiary/aromatic N) is 2. The molecule has 0 unspecified atom stereocenters. The van der Waals surface area contributed by atoms with Crippen LogP contribution in [0, 0.1) is 0 Å². The highest BCUT2D eigenvalue weighted by molar-refractivity contribution is 6.33. The smallest absolute Gasteiger partial charge is 0.230 e. The largest absolute Gasteiger partial charge is 0.397 e. The Labute approximate surface area is 109 Å². The van der Waals surface area contributed by atoms with E-state index in [9.17, 15) is 4.79 Å². The van der Waals surface area contributed by atoms with Gasteiger partial charge in [-0.1, -0.05) is 11.6 Å². The van der Waals surface area contributed by atoms with Crippen LogP contribution in [0.5, 0.6) is 0 Å². The molecule has 92 valence electrons. The first-order chi connectivity index (χ1) is 8.65. The number of nitrogens with two attached hydrogens (primary N) is 1. The van der Waals surface area contributed by atoms with Gasteiger partial charge in [0.1, 0.15) is 0 Å². The number of carbonyl (C=O) groups excluding carboxylic acids is 1. The summed E-state index contributed by atoms with van der Waals surface area (Å²) in [6.07, 6.45) is 4.72. The zero-order valence-corrected chi connectivity index (χ0v) is 10.2. The van der Waals surface area contributed by atoms with Gasteiger partial charge < -0.3 is 11.1 Å². The first-order valence-corrected chi connectivity index (χ1v) is 5.63. The fourth-order valence-corrected chi connectivity index (χ4v) is 1.52. The molecule has 0 aromatic carbocycles. The van der Waals surface area contributed by atoms with E-state index in [0.29, 0.717) is 22.1 Å². The van der Waals surface area contributed by atoms with Crippen molar-refractivity contribution in [2.75, 3.05) is 11.1 Å². The zero-order chi connectivity index (χ0) is 13.0. The molecule has 0 aliphatic rings. The number of amides is 1. The average molecular weight is 263 g/mol. The lowest BCUT2D eigenvalue weighted by Gasteiger charge is -2.06. The molecule has 5 nitrogen and oxygen atoms in total. The molecule has 0 radical (unpaired) electrons. The number of pyridine rings is 2. The van der Waals surface area contributed by atoms with Crippen molar-refractivity contribution in [1.82, 2.24) is 9.97 Å². The lowest BCUT2D eigenvalue weighted by atomic mass is 10.2. The van der Waals surface area contributed by atoms with Gasteiger partial charge in [-0.2, -0.15) is 0 Å². The third-order valence-corrected chi connectivity index (χ3v) is 2.56. The highest BCUT2D eigenvalue weighted by Gasteiger charge is 2.07. The van der Waals surface area contributed by atoms with Crippen LogP contribution in [0.4, 0.5) is 11.4 Å². The van der Waals surface area contributed by atoms with Crippen LogP contribution in [-0.4, -0.2) is 15.9 Å². The molecule has 18 heavy (non-hydrogen) atoms. The Morgan fingerprint density at radius 1 is 1.33 bits per heavy atom. The van der Waals surface area contributed by atoms with Gasteiger partial charge >= 0.3 is 0 Å². The Balaban J connectivity index is 2.01. The summed E-state index contributed by atoms with van der Waals surface area (Å²) < 4.78 is 0. The van der Waals surface area contributed by atoms with Crippen molar-refractivity contribution in [2.24, 2.45) is 0 Å². The Morgan fingerprint density at radius 2 is 2.17 bits per heavy atom. The lowest BCUT2D eigenvalue weighted by molar-refractivity contribution is -0.115. The van der Waals surface area contributed by atoms with Crippen LogP contribution in [0.1, 0.15) is 5.69 Å². The zero-order valence-electron chi connectivity index (χ0n) is 9.43. The fourth-order valence-electron chi connectivity index (χ4n) is 1.37. The number of hydrogen-bond donors (Lipinski definition) is 2. The van der Waals surface area contributed by atoms with E-state index in [1.165, 1.54) is 12.4 Å². The standard InChI is InChI=1S/C12H11ClN4O/c13-10-3-4-15-7-11(10)17-12(18)5-9-2-1-8(14)6-16-9/h1-4,6-7H,5,14H2,(H,17,18). The minimum absolute atomic E-state index is 0.158. The molecule has 0 atom stereocenters. The first-order valence-electron chi connectivity index (χ1n) is 5.25. The van der Waals surface area contributed by atoms with Gasteiger partial charge in [0, 0.05) is 11.9 Å². The van der Waals surface area contributed by atoms with Crippen LogP contribution in [-0.2, 0) is 11.2 Å². The predicted molar refractivity (Wildman–Crippen MR) is 70.2 cm³/mol. The van der Waals surface area contributed by atoms with E-state index in [1.807, 2.05) is 0 Å². The molecule has 6 heteroatoms. The molecule has 2 rings (SSSR count). The minimum Gasteiger partial charge on any atom is -0.397 e. The fraction of sp³-hybridized carbons (Fsp3) is 0.0833. The van der Waals surface area contributed by atoms with Crippen LogP contribution in [0.2, 0.25) is 5.02 Å². The highest BCUT2D eigenvalue weighted by Crippen LogP contribution is 2.19. The van der Waals surface area contributed by atoms with Crippen molar-refractivity contribution >= 4 is 28.9 Å². The van der Waals surface area contributed by atoms with Crippen molar-refractivity contribution in [3.63, 3.8) is 0 Å². The summed E-state index contributed by atoms with van der Waals surface area (Å²) in [7, 11) is 0. The van der Waals surface area contributed by atoms with E-state index in [-0.39, 0.29) is 12.3 Å². The molecule has 2 heterocycles. The van der Waals surface area contributed by atoms with E-state index in [1.54, 1.807) is 24.4 Å². The molecule has 0 fully saturated rings. The molecule has 1 amide bonds. The molecular weight excluding hydrogens is 252 g/mol. The molecule has 3 N–H and O–H groups in total. The number of halogens is 1. The van der Waals surface area contributed by atoms with Gasteiger partial charge in [0.25, 0.3) is 0 Å². The SMILES string of the molecule is Nc1ccc(CC(=O)Nc2cnccc2Cl)nc1. The number of nitrogen functional groups attached to an aromatic ring is 1. The van der Waals surface area contributed by atoms with Crippen LogP contribution in [0.3, 0.4) is 0 Å². The van der Waals surface area contributed by atoms with E-state index in [4.69, 9.17) is 17.3 Å². The quantitative estimate of drug-likeness (QED) is 0.885. The molecule has 0 saturated heterocycles. The first kappa shape index (κ1) is 12.3. The van der Waals surface area contributed by atoms with Crippen LogP contribution < -0.4 is 11.1 Å². The number of aromatic nitrogens is 2. The third kappa shape index (κ3) is 3.18. The molecule has 0 aliphatic heterocycles. The second-order valence-corrected chi connectivity index (χ2v) is 4.07. The number of rotatable bonds is 3. The summed E-state index contributed by atoms with van der Waals surface area (Å²) in [6, 6.07) is 5.02. The van der Waals surface area contributed by atoms with Crippen molar-refractivity contribution in [3.05, 3.63) is 47.5 Å². The van der Waals surface area contributed by atoms with Gasteiger partial charge in [0.05, 0.1) is 35.2 Å². The van der Waals surface area contributed by atoms with E-state index in [2.05, 4.69) is 15.3 Å². The highest BCUT2D eigenvalue weighted by atomic mass is 35.5. The summed E-state index contributed by atoms with van der Waals surface area (Å²) in [5, 5.41) is 3.12. The topological polar surface area (TPSA) is 80.9 Å². The van der Waals surface area contributed by atoms with Gasteiger partial charge in [0.2, 0.25) is 5.91 Å². The minimum atomic E-state index is -0.206. The maximum atomic E-state index is 11.8. The van der Waals surface area contributed by atoms with Gasteiger partial charge in [-0.15, -0.1) is 0 Å². The third-order valence-electron chi connectivity index (χ3n) is 2.23. The molecule has 0 bridgehead atoms. The van der Waals surface area contributed by atoms with Crippen LogP contribution >= 0.6 is 11.6 Å². The van der Waals surface area contributed by atoms with Crippen molar-refractivity contribution in [1.29, 1.82) is 0 Å². The summed E-state index contributed by atoms with van der Waals surface area (Å²) >= 11 is 5.91. The van der Waals surface area contributed by atoms with Crippen LogP contribution in [0.15, 0.2) is 36.8 Å². The average Bonchev–Trinajstić information content (AvgIpc) is 2.35. The normalized spacial score (nSPS) is 10.1. The molecular formula is C12H11ClN4O. The second-order valence-electron chi connectivity index (χ2n) is 3.66. The molecule has 0 aliphatic carbocycles. The predicted octanol–water partition coefficient (Wildman–Crippen LogP) is 1.89. The van der Waals surface area contributed by atoms with Crippen molar-refractivity contribution in [2.45, 2.75) is 6.42 Å². The van der Waals surface area contributed by atoms with Gasteiger partial charge in [-0.25, -0.2) is 0 Å². The Hall–Kier alpha value is -2.14. The number of carbonyl (C=O) groups is 1. The van der Waals surface area contributed by atoms with Gasteiger partial charge in [-0.05, 0) is 18.2 Å². The maximum Gasteiger partial charge on any atom is 0.230 e. The number of anilines is 2. The molecule has 2 aromatic rings. The lowest BCUT2D eigenvalue weighted by Crippen LogP contribution is -2.15. The monoisotopic (exact) mass is 262 g/mol. The molecule has 2 aromatic heterocycles. The van der Waals surface area contributed by atoms with Crippen molar-refractivity contribution in [3.8, 4) is 0 Å². The van der Waals surface area contributed by atoms with Crippen LogP contribution in [0.25, 0.3) is 0 Å². The number of hydrogen-bond acceptors (Lipinski definition) is 4.